The minimum absolute atomic E-state index is 0.292. The number of para-hydroxylation sites is 3. The Bertz CT molecular complexity index is 1010. The van der Waals surface area contributed by atoms with Gasteiger partial charge in [-0.1, -0.05) is 18.2 Å². The predicted molar refractivity (Wildman–Crippen MR) is 75.5 cm³/mol. The second kappa shape index (κ2) is 5.30. The lowest BCUT2D eigenvalue weighted by molar-refractivity contribution is -0.203. The van der Waals surface area contributed by atoms with Crippen LogP contribution in [-0.4, -0.2) is 14.2 Å². The second-order valence-corrected chi connectivity index (χ2v) is 5.08. The van der Waals surface area contributed by atoms with Crippen LogP contribution in [0.15, 0.2) is 47.3 Å². The van der Waals surface area contributed by atoms with Crippen LogP contribution >= 0.6 is 0 Å². The minimum atomic E-state index is -5.08. The van der Waals surface area contributed by atoms with E-state index in [9.17, 15) is 36.2 Å². The summed E-state index contributed by atoms with van der Waals surface area (Å²) in [5, 5.41) is 9.90. The van der Waals surface area contributed by atoms with Crippen molar-refractivity contribution in [2.75, 3.05) is 0 Å². The normalized spacial score (nSPS) is 12.7. The van der Waals surface area contributed by atoms with Crippen LogP contribution in [0, 0.1) is 0 Å². The van der Waals surface area contributed by atoms with E-state index in [1.807, 2.05) is 0 Å². The number of hydrogen-bond acceptors (Lipinski definition) is 2. The fraction of sp³-hybridized carbons (Fsp3) is 0.133. The molecule has 1 aromatic heterocycles. The van der Waals surface area contributed by atoms with Crippen LogP contribution in [0.1, 0.15) is 5.56 Å². The summed E-state index contributed by atoms with van der Waals surface area (Å²) in [6.07, 6.45) is -10.0. The van der Waals surface area contributed by atoms with Gasteiger partial charge in [0.15, 0.2) is 5.75 Å². The van der Waals surface area contributed by atoms with Crippen LogP contribution < -0.4 is 5.69 Å². The molecule has 1 N–H and O–H groups in total. The maximum atomic E-state index is 13.2. The highest BCUT2D eigenvalue weighted by atomic mass is 19.4. The van der Waals surface area contributed by atoms with Gasteiger partial charge in [0.05, 0.1) is 22.3 Å². The quantitative estimate of drug-likeness (QED) is 0.666. The summed E-state index contributed by atoms with van der Waals surface area (Å²) in [4.78, 5) is 12.3. The number of alkyl halides is 6. The first-order valence-electron chi connectivity index (χ1n) is 6.72. The van der Waals surface area contributed by atoms with Gasteiger partial charge in [0.2, 0.25) is 0 Å². The van der Waals surface area contributed by atoms with Crippen LogP contribution in [0.2, 0.25) is 0 Å². The second-order valence-electron chi connectivity index (χ2n) is 5.08. The lowest BCUT2D eigenvalue weighted by atomic mass is 10.1. The van der Waals surface area contributed by atoms with Crippen LogP contribution in [0.4, 0.5) is 26.3 Å². The molecule has 10 heteroatoms. The molecule has 2 aromatic carbocycles. The SMILES string of the molecule is O=c1n(-c2cccc(C(F)(F)F)c2O)c2ccccc2n1C(F)(F)F. The molecular weight excluding hydrogens is 354 g/mol. The van der Waals surface area contributed by atoms with Crippen LogP contribution in [0.5, 0.6) is 5.75 Å². The summed E-state index contributed by atoms with van der Waals surface area (Å²) in [6, 6.07) is 7.10. The van der Waals surface area contributed by atoms with Crippen molar-refractivity contribution in [3.63, 3.8) is 0 Å². The Balaban J connectivity index is 2.44. The predicted octanol–water partition coefficient (Wildman–Crippen LogP) is 3.99. The summed E-state index contributed by atoms with van der Waals surface area (Å²) in [5.41, 5.74) is -4.63. The summed E-state index contributed by atoms with van der Waals surface area (Å²) < 4.78 is 78.2. The van der Waals surface area contributed by atoms with Crippen LogP contribution in [0.3, 0.4) is 0 Å². The fourth-order valence-corrected chi connectivity index (χ4v) is 2.57. The third-order valence-corrected chi connectivity index (χ3v) is 3.56. The van der Waals surface area contributed by atoms with Gasteiger partial charge in [-0.2, -0.15) is 13.2 Å². The number of phenols is 1. The Hall–Kier alpha value is -2.91. The summed E-state index contributed by atoms with van der Waals surface area (Å²) >= 11 is 0. The molecule has 25 heavy (non-hydrogen) atoms. The third kappa shape index (κ3) is 2.63. The van der Waals surface area contributed by atoms with E-state index in [0.717, 1.165) is 24.3 Å². The van der Waals surface area contributed by atoms with Crippen molar-refractivity contribution < 1.29 is 31.4 Å². The Kier molecular flexibility index (Phi) is 3.59. The van der Waals surface area contributed by atoms with E-state index in [1.165, 1.54) is 12.1 Å². The van der Waals surface area contributed by atoms with Gasteiger partial charge in [-0.05, 0) is 24.3 Å². The standard InChI is InChI=1S/C15H8F6N2O2/c16-14(17,18)8-4-3-7-11(12(8)24)22-9-5-1-2-6-10(9)23(13(22)25)15(19,20)21/h1-7,24H. The first-order valence-corrected chi connectivity index (χ1v) is 6.72. The van der Waals surface area contributed by atoms with Gasteiger partial charge in [0.25, 0.3) is 0 Å². The van der Waals surface area contributed by atoms with Gasteiger partial charge < -0.3 is 5.11 Å². The number of hydrogen-bond donors (Lipinski definition) is 1. The summed E-state index contributed by atoms with van der Waals surface area (Å²) in [5.74, 6) is -1.33. The number of halogens is 6. The number of rotatable bonds is 1. The molecule has 0 saturated carbocycles. The molecule has 132 valence electrons. The van der Waals surface area contributed by atoms with Crippen molar-refractivity contribution in [1.29, 1.82) is 0 Å². The number of imidazole rings is 1. The van der Waals surface area contributed by atoms with Crippen molar-refractivity contribution >= 4 is 11.0 Å². The summed E-state index contributed by atoms with van der Waals surface area (Å²) in [6.45, 7) is 0. The van der Waals surface area contributed by atoms with Gasteiger partial charge in [0, 0.05) is 0 Å². The molecule has 3 aromatic rings. The lowest BCUT2D eigenvalue weighted by Gasteiger charge is -2.13. The fourth-order valence-electron chi connectivity index (χ4n) is 2.57. The molecule has 0 saturated heterocycles. The van der Waals surface area contributed by atoms with Crippen LogP contribution in [-0.2, 0) is 12.5 Å². The summed E-state index contributed by atoms with van der Waals surface area (Å²) in [7, 11) is 0. The lowest BCUT2D eigenvalue weighted by Crippen LogP contribution is -2.31. The van der Waals surface area contributed by atoms with E-state index >= 15 is 0 Å². The third-order valence-electron chi connectivity index (χ3n) is 3.56. The molecule has 0 amide bonds. The molecule has 0 bridgehead atoms. The number of phenolic OH excluding ortho intramolecular Hbond substituents is 1. The Labute approximate surface area is 135 Å². The highest BCUT2D eigenvalue weighted by Gasteiger charge is 2.38. The monoisotopic (exact) mass is 362 g/mol. The van der Waals surface area contributed by atoms with Gasteiger partial charge in [-0.15, -0.1) is 13.2 Å². The van der Waals surface area contributed by atoms with E-state index < -0.39 is 45.3 Å². The van der Waals surface area contributed by atoms with E-state index in [4.69, 9.17) is 0 Å². The van der Waals surface area contributed by atoms with E-state index in [1.54, 1.807) is 0 Å². The van der Waals surface area contributed by atoms with Crippen molar-refractivity contribution in [2.45, 2.75) is 12.5 Å². The molecule has 0 aliphatic rings. The Morgan fingerprint density at radius 3 is 2.00 bits per heavy atom. The molecular formula is C15H8F6N2O2. The van der Waals surface area contributed by atoms with Gasteiger partial charge in [-0.25, -0.2) is 9.36 Å². The average Bonchev–Trinajstić information content (AvgIpc) is 2.78. The number of aromatic nitrogens is 2. The van der Waals surface area contributed by atoms with Crippen molar-refractivity contribution in [1.82, 2.24) is 9.13 Å². The number of nitrogens with zero attached hydrogens (tertiary/aromatic N) is 2. The number of benzene rings is 2. The zero-order valence-electron chi connectivity index (χ0n) is 12.1. The molecule has 0 spiro atoms. The molecule has 4 nitrogen and oxygen atoms in total. The Morgan fingerprint density at radius 2 is 1.44 bits per heavy atom. The van der Waals surface area contributed by atoms with E-state index in [0.29, 0.717) is 10.6 Å². The minimum Gasteiger partial charge on any atom is -0.505 e. The smallest absolute Gasteiger partial charge is 0.493 e. The molecule has 0 atom stereocenters. The number of aromatic hydroxyl groups is 1. The molecule has 3 rings (SSSR count). The molecule has 0 unspecified atom stereocenters. The first kappa shape index (κ1) is 16.9. The van der Waals surface area contributed by atoms with Crippen molar-refractivity contribution in [3.8, 4) is 11.4 Å². The highest BCUT2D eigenvalue weighted by molar-refractivity contribution is 5.79. The van der Waals surface area contributed by atoms with Crippen LogP contribution in [0.25, 0.3) is 16.7 Å². The van der Waals surface area contributed by atoms with Crippen molar-refractivity contribution in [3.05, 3.63) is 58.5 Å². The van der Waals surface area contributed by atoms with E-state index in [-0.39, 0.29) is 5.52 Å². The molecule has 0 aliphatic carbocycles. The Morgan fingerprint density at radius 1 is 0.840 bits per heavy atom. The zero-order valence-corrected chi connectivity index (χ0v) is 12.1. The zero-order chi connectivity index (χ0) is 18.6. The first-order chi connectivity index (χ1) is 11.5. The van der Waals surface area contributed by atoms with E-state index in [2.05, 4.69) is 0 Å². The highest BCUT2D eigenvalue weighted by Crippen LogP contribution is 2.39. The maximum Gasteiger partial charge on any atom is 0.493 e. The average molecular weight is 362 g/mol. The van der Waals surface area contributed by atoms with Gasteiger partial charge in [-0.3, -0.25) is 4.57 Å². The molecule has 0 radical (unpaired) electrons. The van der Waals surface area contributed by atoms with Gasteiger partial charge >= 0.3 is 18.2 Å². The molecule has 1 heterocycles. The largest absolute Gasteiger partial charge is 0.505 e. The van der Waals surface area contributed by atoms with Crippen molar-refractivity contribution in [2.24, 2.45) is 0 Å². The maximum absolute atomic E-state index is 13.2. The topological polar surface area (TPSA) is 47.2 Å². The molecule has 0 fully saturated rings. The van der Waals surface area contributed by atoms with Gasteiger partial charge in [0.1, 0.15) is 0 Å². The number of fused-ring (bicyclic) bond motifs is 1. The molecule has 0 aliphatic heterocycles.